The molecule has 6 rings (SSSR count). The lowest BCUT2D eigenvalue weighted by atomic mass is 9.92. The highest BCUT2D eigenvalue weighted by atomic mass is 16.2. The number of piperazine rings is 2. The van der Waals surface area contributed by atoms with Gasteiger partial charge < -0.3 is 15.1 Å². The smallest absolute Gasteiger partial charge is 0.230 e. The minimum Gasteiger partial charge on any atom is -0.354 e. The third kappa shape index (κ3) is 11.9. The second kappa shape index (κ2) is 19.9. The molecule has 57 heavy (non-hydrogen) atoms. The van der Waals surface area contributed by atoms with Crippen LogP contribution in [-0.4, -0.2) is 119 Å². The molecule has 2 aliphatic heterocycles. The van der Waals surface area contributed by atoms with Crippen LogP contribution in [0.15, 0.2) is 121 Å². The summed E-state index contributed by atoms with van der Waals surface area (Å²) in [4.78, 5) is 41.2. The van der Waals surface area contributed by atoms with E-state index >= 15 is 0 Å². The molecule has 4 aromatic rings. The van der Waals surface area contributed by atoms with Crippen LogP contribution >= 0.6 is 0 Å². The van der Waals surface area contributed by atoms with Gasteiger partial charge in [0.25, 0.3) is 0 Å². The minimum atomic E-state index is -0.417. The second-order valence-corrected chi connectivity index (χ2v) is 17.4. The highest BCUT2D eigenvalue weighted by Gasteiger charge is 2.39. The zero-order chi connectivity index (χ0) is 40.3. The first-order valence-corrected chi connectivity index (χ1v) is 21.2. The highest BCUT2D eigenvalue weighted by molar-refractivity contribution is 5.85. The Morgan fingerprint density at radius 1 is 0.614 bits per heavy atom. The average molecular weight is 771 g/mol. The highest BCUT2D eigenvalue weighted by Crippen LogP contribution is 2.32. The molecule has 8 nitrogen and oxygen atoms in total. The maximum atomic E-state index is 14.9. The van der Waals surface area contributed by atoms with E-state index in [1.54, 1.807) is 0 Å². The number of carbonyl (C=O) groups is 2. The molecule has 8 heteroatoms. The van der Waals surface area contributed by atoms with Gasteiger partial charge in [-0.15, -0.1) is 0 Å². The summed E-state index contributed by atoms with van der Waals surface area (Å²) in [6.07, 6.45) is 1.26. The Morgan fingerprint density at radius 2 is 1.09 bits per heavy atom. The molecule has 0 aromatic heterocycles. The fourth-order valence-corrected chi connectivity index (χ4v) is 8.61. The van der Waals surface area contributed by atoms with Crippen LogP contribution in [0, 0.1) is 0 Å². The number of rotatable bonds is 17. The van der Waals surface area contributed by atoms with Crippen LogP contribution in [0.5, 0.6) is 0 Å². The van der Waals surface area contributed by atoms with Crippen molar-refractivity contribution in [1.29, 1.82) is 0 Å². The van der Waals surface area contributed by atoms with Crippen LogP contribution in [0.25, 0.3) is 0 Å². The van der Waals surface area contributed by atoms with E-state index in [2.05, 4.69) is 125 Å². The molecule has 2 aliphatic rings. The van der Waals surface area contributed by atoms with E-state index in [1.807, 2.05) is 60.4 Å². The molecule has 2 heterocycles. The monoisotopic (exact) mass is 771 g/mol. The van der Waals surface area contributed by atoms with Crippen LogP contribution in [0.1, 0.15) is 75.3 Å². The summed E-state index contributed by atoms with van der Waals surface area (Å²) in [6, 6.07) is 41.2. The predicted molar refractivity (Wildman–Crippen MR) is 233 cm³/mol. The van der Waals surface area contributed by atoms with Gasteiger partial charge in [-0.2, -0.15) is 0 Å². The summed E-state index contributed by atoms with van der Waals surface area (Å²) in [5, 5.41) is 3.34. The van der Waals surface area contributed by atoms with Crippen molar-refractivity contribution in [1.82, 2.24) is 29.8 Å². The quantitative estimate of drug-likeness (QED) is 0.124. The summed E-state index contributed by atoms with van der Waals surface area (Å²) in [5.41, 5.74) is 4.16. The van der Waals surface area contributed by atoms with E-state index in [-0.39, 0.29) is 35.2 Å². The molecular formula is C49H66N6O2. The standard InChI is InChI=1S/C49H66N6O2/c1-40(43-22-14-8-15-23-43)47(57)55(39-49(4,5)54-34-30-52(31-35-54)37-42-20-12-7-13-21-42)45(44-24-16-9-17-25-44)36-46(56)50-38-48(2,3)53-32-28-51(29-33-53)27-26-41-18-10-6-11-19-41/h6-25,40,45H,26-39H2,1-5H3,(H,50,56). The van der Waals surface area contributed by atoms with Crippen molar-refractivity contribution in [3.05, 3.63) is 144 Å². The lowest BCUT2D eigenvalue weighted by Gasteiger charge is -2.48. The summed E-state index contributed by atoms with van der Waals surface area (Å²) >= 11 is 0. The van der Waals surface area contributed by atoms with Crippen LogP contribution in [0.2, 0.25) is 0 Å². The summed E-state index contributed by atoms with van der Waals surface area (Å²) in [6.45, 7) is 21.8. The topological polar surface area (TPSA) is 62.4 Å². The van der Waals surface area contributed by atoms with Crippen LogP contribution in [0.3, 0.4) is 0 Å². The Bertz CT molecular complexity index is 1800. The Labute approximate surface area is 342 Å². The number of benzene rings is 4. The molecule has 2 atom stereocenters. The van der Waals surface area contributed by atoms with Gasteiger partial charge in [0.1, 0.15) is 0 Å². The fraction of sp³-hybridized carbons (Fsp3) is 0.469. The molecular weight excluding hydrogens is 705 g/mol. The Kier molecular flexibility index (Phi) is 14.7. The zero-order valence-corrected chi connectivity index (χ0v) is 35.2. The SMILES string of the molecule is CC(C(=O)N(CC(C)(C)N1CCN(Cc2ccccc2)CC1)C(CC(=O)NCC(C)(C)N1CCN(CCc2ccccc2)CC1)c1ccccc1)c1ccccc1. The molecule has 2 saturated heterocycles. The largest absolute Gasteiger partial charge is 0.354 e. The number of nitrogens with zero attached hydrogens (tertiary/aromatic N) is 5. The van der Waals surface area contributed by atoms with E-state index in [9.17, 15) is 9.59 Å². The van der Waals surface area contributed by atoms with E-state index in [1.165, 1.54) is 11.1 Å². The Morgan fingerprint density at radius 3 is 1.65 bits per heavy atom. The van der Waals surface area contributed by atoms with Crippen molar-refractivity contribution in [3.63, 3.8) is 0 Å². The zero-order valence-electron chi connectivity index (χ0n) is 35.2. The summed E-state index contributed by atoms with van der Waals surface area (Å²) in [5.74, 6) is -0.343. The first kappa shape index (κ1) is 42.3. The number of hydrogen-bond donors (Lipinski definition) is 1. The molecule has 0 saturated carbocycles. The van der Waals surface area contributed by atoms with E-state index < -0.39 is 6.04 Å². The number of amides is 2. The lowest BCUT2D eigenvalue weighted by molar-refractivity contribution is -0.139. The van der Waals surface area contributed by atoms with Gasteiger partial charge in [-0.25, -0.2) is 0 Å². The van der Waals surface area contributed by atoms with Gasteiger partial charge in [0.05, 0.1) is 18.4 Å². The first-order valence-electron chi connectivity index (χ1n) is 21.2. The van der Waals surface area contributed by atoms with E-state index in [0.717, 1.165) is 83.0 Å². The van der Waals surface area contributed by atoms with Gasteiger partial charge >= 0.3 is 0 Å². The molecule has 0 aliphatic carbocycles. The van der Waals surface area contributed by atoms with Gasteiger partial charge in [-0.1, -0.05) is 121 Å². The third-order valence-electron chi connectivity index (χ3n) is 12.4. The average Bonchev–Trinajstić information content (AvgIpc) is 3.24. The normalized spacial score (nSPS) is 17.5. The van der Waals surface area contributed by atoms with Gasteiger partial charge in [0.15, 0.2) is 0 Å². The number of nitrogens with one attached hydrogen (secondary N) is 1. The van der Waals surface area contributed by atoms with Gasteiger partial charge in [0, 0.05) is 89.6 Å². The van der Waals surface area contributed by atoms with Crippen LogP contribution < -0.4 is 5.32 Å². The minimum absolute atomic E-state index is 0.0316. The maximum Gasteiger partial charge on any atom is 0.230 e. The maximum absolute atomic E-state index is 14.9. The van der Waals surface area contributed by atoms with Crippen molar-refractivity contribution in [3.8, 4) is 0 Å². The molecule has 1 N–H and O–H groups in total. The number of carbonyl (C=O) groups excluding carboxylic acids is 2. The molecule has 0 radical (unpaired) electrons. The third-order valence-corrected chi connectivity index (χ3v) is 12.4. The van der Waals surface area contributed by atoms with E-state index in [0.29, 0.717) is 13.1 Å². The van der Waals surface area contributed by atoms with E-state index in [4.69, 9.17) is 0 Å². The molecule has 2 amide bonds. The molecule has 0 bridgehead atoms. The van der Waals surface area contributed by atoms with Crippen molar-refractivity contribution < 1.29 is 9.59 Å². The summed E-state index contributed by atoms with van der Waals surface area (Å²) in [7, 11) is 0. The number of hydrogen-bond acceptors (Lipinski definition) is 6. The molecule has 2 fully saturated rings. The molecule has 2 unspecified atom stereocenters. The van der Waals surface area contributed by atoms with Crippen LogP contribution in [0.4, 0.5) is 0 Å². The lowest BCUT2D eigenvalue weighted by Crippen LogP contribution is -2.60. The molecule has 0 spiro atoms. The molecule has 4 aromatic carbocycles. The Balaban J connectivity index is 1.13. The predicted octanol–water partition coefficient (Wildman–Crippen LogP) is 7.10. The van der Waals surface area contributed by atoms with Crippen molar-refractivity contribution in [2.75, 3.05) is 72.0 Å². The van der Waals surface area contributed by atoms with Crippen molar-refractivity contribution in [2.45, 2.75) is 77.0 Å². The first-order chi connectivity index (χ1) is 27.5. The second-order valence-electron chi connectivity index (χ2n) is 17.4. The fourth-order valence-electron chi connectivity index (χ4n) is 8.61. The van der Waals surface area contributed by atoms with Crippen molar-refractivity contribution in [2.24, 2.45) is 0 Å². The van der Waals surface area contributed by atoms with Gasteiger partial charge in [-0.3, -0.25) is 24.3 Å². The summed E-state index contributed by atoms with van der Waals surface area (Å²) < 4.78 is 0. The van der Waals surface area contributed by atoms with Crippen molar-refractivity contribution >= 4 is 11.8 Å². The van der Waals surface area contributed by atoms with Crippen LogP contribution in [-0.2, 0) is 22.6 Å². The molecule has 304 valence electrons. The Hall–Kier alpha value is -4.34. The van der Waals surface area contributed by atoms with Gasteiger partial charge in [-0.05, 0) is 63.3 Å². The van der Waals surface area contributed by atoms with Gasteiger partial charge in [0.2, 0.25) is 11.8 Å².